The number of carbonyl (C=O) groups is 1. The summed E-state index contributed by atoms with van der Waals surface area (Å²) in [6.07, 6.45) is 11.3. The molecule has 1 aliphatic carbocycles. The van der Waals surface area contributed by atoms with E-state index in [1.54, 1.807) is 0 Å². The maximum atomic E-state index is 11.1. The van der Waals surface area contributed by atoms with Crippen LogP contribution in [0.2, 0.25) is 0 Å². The highest BCUT2D eigenvalue weighted by Gasteiger charge is 2.30. The highest BCUT2D eigenvalue weighted by molar-refractivity contribution is 8.00. The number of hydrogen-bond donors (Lipinski definition) is 2. The Balaban J connectivity index is 1.94. The lowest BCUT2D eigenvalue weighted by Crippen LogP contribution is -2.39. The summed E-state index contributed by atoms with van der Waals surface area (Å²) in [6, 6.07) is 0. The van der Waals surface area contributed by atoms with Crippen LogP contribution < -0.4 is 5.32 Å². The second-order valence-corrected chi connectivity index (χ2v) is 6.51. The molecule has 1 aromatic rings. The van der Waals surface area contributed by atoms with Gasteiger partial charge >= 0.3 is 5.97 Å². The van der Waals surface area contributed by atoms with Gasteiger partial charge in [-0.3, -0.25) is 0 Å². The van der Waals surface area contributed by atoms with Crippen LogP contribution >= 0.6 is 11.8 Å². The van der Waals surface area contributed by atoms with Crippen LogP contribution in [0, 0.1) is 0 Å². The third-order valence-electron chi connectivity index (χ3n) is 3.96. The highest BCUT2D eigenvalue weighted by Crippen LogP contribution is 2.37. The minimum atomic E-state index is -0.973. The second kappa shape index (κ2) is 7.04. The van der Waals surface area contributed by atoms with E-state index in [1.807, 2.05) is 11.8 Å². The van der Waals surface area contributed by atoms with Gasteiger partial charge in [-0.1, -0.05) is 19.3 Å². The van der Waals surface area contributed by atoms with E-state index < -0.39 is 5.97 Å². The molecule has 0 saturated heterocycles. The number of carboxylic acids is 1. The number of aromatic nitrogens is 2. The molecular formula is C14H21N3O2S. The van der Waals surface area contributed by atoms with Crippen LogP contribution in [-0.4, -0.2) is 38.6 Å². The summed E-state index contributed by atoms with van der Waals surface area (Å²) in [4.78, 5) is 18.9. The third-order valence-corrected chi connectivity index (χ3v) is 5.38. The van der Waals surface area contributed by atoms with Gasteiger partial charge in [0.2, 0.25) is 0 Å². The van der Waals surface area contributed by atoms with Crippen molar-refractivity contribution < 1.29 is 9.90 Å². The van der Waals surface area contributed by atoms with E-state index >= 15 is 0 Å². The smallest absolute Gasteiger partial charge is 0.339 e. The van der Waals surface area contributed by atoms with E-state index in [0.29, 0.717) is 17.0 Å². The van der Waals surface area contributed by atoms with Gasteiger partial charge in [-0.05, 0) is 19.1 Å². The lowest BCUT2D eigenvalue weighted by Gasteiger charge is -2.36. The number of carboxylic acid groups (broad SMARTS) is 1. The Morgan fingerprint density at radius 3 is 2.85 bits per heavy atom. The zero-order chi connectivity index (χ0) is 14.4. The summed E-state index contributed by atoms with van der Waals surface area (Å²) < 4.78 is 0.300. The van der Waals surface area contributed by atoms with Crippen molar-refractivity contribution in [3.05, 3.63) is 23.8 Å². The summed E-state index contributed by atoms with van der Waals surface area (Å²) in [7, 11) is 0. The van der Waals surface area contributed by atoms with E-state index in [4.69, 9.17) is 5.11 Å². The molecule has 0 radical (unpaired) electrons. The summed E-state index contributed by atoms with van der Waals surface area (Å²) in [6.45, 7) is 1.38. The molecule has 1 saturated carbocycles. The number of nitrogens with one attached hydrogen (secondary N) is 1. The molecule has 2 N–H and O–H groups in total. The predicted octanol–water partition coefficient (Wildman–Crippen LogP) is 2.33. The Labute approximate surface area is 123 Å². The number of thioether (sulfide) groups is 1. The normalized spacial score (nSPS) is 17.9. The molecule has 5 nitrogen and oxygen atoms in total. The molecule has 0 spiro atoms. The molecule has 0 aromatic carbocycles. The first-order valence-electron chi connectivity index (χ1n) is 6.95. The molecular weight excluding hydrogens is 274 g/mol. The van der Waals surface area contributed by atoms with E-state index in [2.05, 4.69) is 21.5 Å². The topological polar surface area (TPSA) is 75.1 Å². The summed E-state index contributed by atoms with van der Waals surface area (Å²) in [5.41, 5.74) is 0.737. The molecule has 110 valence electrons. The minimum absolute atomic E-state index is 0.182. The maximum Gasteiger partial charge on any atom is 0.339 e. The van der Waals surface area contributed by atoms with Crippen LogP contribution in [0.3, 0.4) is 0 Å². The van der Waals surface area contributed by atoms with Gasteiger partial charge in [-0.15, -0.1) is 0 Å². The average molecular weight is 295 g/mol. The summed E-state index contributed by atoms with van der Waals surface area (Å²) in [5, 5.41) is 12.5. The number of rotatable bonds is 6. The molecule has 0 aliphatic heterocycles. The van der Waals surface area contributed by atoms with Crippen molar-refractivity contribution in [3.63, 3.8) is 0 Å². The number of hydrogen-bond acceptors (Lipinski definition) is 5. The molecule has 1 aromatic heterocycles. The van der Waals surface area contributed by atoms with Crippen LogP contribution in [0.25, 0.3) is 0 Å². The second-order valence-electron chi connectivity index (χ2n) is 5.24. The Hall–Kier alpha value is -1.14. The van der Waals surface area contributed by atoms with Crippen LogP contribution in [0.5, 0.6) is 0 Å². The van der Waals surface area contributed by atoms with Crippen molar-refractivity contribution >= 4 is 17.7 Å². The van der Waals surface area contributed by atoms with Crippen molar-refractivity contribution in [1.82, 2.24) is 15.3 Å². The van der Waals surface area contributed by atoms with Gasteiger partial charge in [-0.25, -0.2) is 14.8 Å². The molecule has 0 bridgehead atoms. The average Bonchev–Trinajstić information content (AvgIpc) is 2.48. The van der Waals surface area contributed by atoms with Crippen LogP contribution in [0.15, 0.2) is 12.5 Å². The van der Waals surface area contributed by atoms with Gasteiger partial charge in [0.05, 0.1) is 5.69 Å². The zero-order valence-electron chi connectivity index (χ0n) is 11.8. The quantitative estimate of drug-likeness (QED) is 0.839. The lowest BCUT2D eigenvalue weighted by atomic mass is 9.88. The highest BCUT2D eigenvalue weighted by atomic mass is 32.2. The molecule has 1 heterocycles. The lowest BCUT2D eigenvalue weighted by molar-refractivity contribution is 0.0694. The largest absolute Gasteiger partial charge is 0.478 e. The summed E-state index contributed by atoms with van der Waals surface area (Å²) >= 11 is 1.93. The van der Waals surface area contributed by atoms with Gasteiger partial charge in [0, 0.05) is 24.0 Å². The van der Waals surface area contributed by atoms with Crippen molar-refractivity contribution in [2.24, 2.45) is 0 Å². The van der Waals surface area contributed by atoms with E-state index in [9.17, 15) is 4.79 Å². The van der Waals surface area contributed by atoms with Gasteiger partial charge in [0.1, 0.15) is 11.9 Å². The molecule has 20 heavy (non-hydrogen) atoms. The van der Waals surface area contributed by atoms with Crippen LogP contribution in [0.1, 0.15) is 48.2 Å². The van der Waals surface area contributed by atoms with Gasteiger partial charge in [0.15, 0.2) is 0 Å². The molecule has 6 heteroatoms. The monoisotopic (exact) mass is 295 g/mol. The SMILES string of the molecule is CSC1(CNCc2ncncc2C(=O)O)CCCCC1. The molecule has 0 unspecified atom stereocenters. The minimum Gasteiger partial charge on any atom is -0.478 e. The molecule has 1 aliphatic rings. The first-order valence-corrected chi connectivity index (χ1v) is 8.17. The first-order chi connectivity index (χ1) is 9.67. The fourth-order valence-electron chi connectivity index (χ4n) is 2.73. The van der Waals surface area contributed by atoms with Crippen LogP contribution in [0.4, 0.5) is 0 Å². The maximum absolute atomic E-state index is 11.1. The van der Waals surface area contributed by atoms with Crippen molar-refractivity contribution in [3.8, 4) is 0 Å². The van der Waals surface area contributed by atoms with E-state index in [0.717, 1.165) is 6.54 Å². The fraction of sp³-hybridized carbons (Fsp3) is 0.643. The predicted molar refractivity (Wildman–Crippen MR) is 80.0 cm³/mol. The van der Waals surface area contributed by atoms with E-state index in [-0.39, 0.29) is 5.56 Å². The van der Waals surface area contributed by atoms with Gasteiger partial charge in [-0.2, -0.15) is 11.8 Å². The standard InChI is InChI=1S/C14H21N3O2S/c1-20-14(5-3-2-4-6-14)9-15-8-12-11(13(18)19)7-16-10-17-12/h7,10,15H,2-6,8-9H2,1H3,(H,18,19). The van der Waals surface area contributed by atoms with Crippen molar-refractivity contribution in [2.45, 2.75) is 43.4 Å². The third kappa shape index (κ3) is 3.70. The molecule has 2 rings (SSSR count). The first kappa shape index (κ1) is 15.3. The van der Waals surface area contributed by atoms with Gasteiger partial charge in [0.25, 0.3) is 0 Å². The molecule has 1 fully saturated rings. The number of aromatic carboxylic acids is 1. The van der Waals surface area contributed by atoms with Gasteiger partial charge < -0.3 is 10.4 Å². The van der Waals surface area contributed by atoms with Crippen molar-refractivity contribution in [2.75, 3.05) is 12.8 Å². The number of nitrogens with zero attached hydrogens (tertiary/aromatic N) is 2. The Bertz CT molecular complexity index is 461. The van der Waals surface area contributed by atoms with E-state index in [1.165, 1.54) is 44.6 Å². The zero-order valence-corrected chi connectivity index (χ0v) is 12.6. The fourth-order valence-corrected chi connectivity index (χ4v) is 3.68. The summed E-state index contributed by atoms with van der Waals surface area (Å²) in [5.74, 6) is -0.973. The Morgan fingerprint density at radius 2 is 2.20 bits per heavy atom. The van der Waals surface area contributed by atoms with Crippen molar-refractivity contribution in [1.29, 1.82) is 0 Å². The molecule has 0 atom stereocenters. The Kier molecular flexibility index (Phi) is 5.37. The Morgan fingerprint density at radius 1 is 1.45 bits per heavy atom. The molecule has 0 amide bonds. The van der Waals surface area contributed by atoms with Crippen LogP contribution in [-0.2, 0) is 6.54 Å².